The van der Waals surface area contributed by atoms with Crippen molar-refractivity contribution < 1.29 is 4.79 Å². The molecular formula is C11H15N3OS. The molecule has 16 heavy (non-hydrogen) atoms. The third kappa shape index (κ3) is 2.47. The molecule has 2 rings (SSSR count). The lowest BCUT2D eigenvalue weighted by Gasteiger charge is -2.14. The van der Waals surface area contributed by atoms with Crippen molar-refractivity contribution in [3.8, 4) is 0 Å². The molecule has 1 aromatic heterocycles. The van der Waals surface area contributed by atoms with Gasteiger partial charge in [0.15, 0.2) is 0 Å². The monoisotopic (exact) mass is 237 g/mol. The van der Waals surface area contributed by atoms with Gasteiger partial charge in [0.2, 0.25) is 0 Å². The highest BCUT2D eigenvalue weighted by atomic mass is 32.2. The van der Waals surface area contributed by atoms with E-state index < -0.39 is 5.91 Å². The van der Waals surface area contributed by atoms with Crippen LogP contribution < -0.4 is 11.1 Å². The molecular weight excluding hydrogens is 222 g/mol. The zero-order valence-electron chi connectivity index (χ0n) is 9.19. The van der Waals surface area contributed by atoms with Crippen LogP contribution in [0.4, 0.5) is 5.69 Å². The van der Waals surface area contributed by atoms with Gasteiger partial charge in [-0.1, -0.05) is 0 Å². The van der Waals surface area contributed by atoms with Gasteiger partial charge in [0.1, 0.15) is 5.69 Å². The number of amides is 1. The minimum absolute atomic E-state index is 0.305. The number of nitrogens with two attached hydrogens (primary N) is 1. The summed E-state index contributed by atoms with van der Waals surface area (Å²) in [6, 6.07) is 3.54. The zero-order chi connectivity index (χ0) is 11.6. The lowest BCUT2D eigenvalue weighted by Crippen LogP contribution is -2.18. The highest BCUT2D eigenvalue weighted by Crippen LogP contribution is 2.46. The van der Waals surface area contributed by atoms with Gasteiger partial charge in [0.25, 0.3) is 5.91 Å². The Balaban J connectivity index is 1.99. The van der Waals surface area contributed by atoms with Crippen molar-refractivity contribution in [3.05, 3.63) is 24.0 Å². The SMILES string of the molecule is CSC1(CNc2ccnc(C(N)=O)c2)CC1. The van der Waals surface area contributed by atoms with Crippen molar-refractivity contribution >= 4 is 23.4 Å². The predicted octanol–water partition coefficient (Wildman–Crippen LogP) is 1.49. The van der Waals surface area contributed by atoms with E-state index in [1.54, 1.807) is 12.3 Å². The van der Waals surface area contributed by atoms with Gasteiger partial charge in [-0.05, 0) is 31.2 Å². The van der Waals surface area contributed by atoms with Gasteiger partial charge in [0.05, 0.1) is 0 Å². The van der Waals surface area contributed by atoms with Crippen LogP contribution in [0, 0.1) is 0 Å². The Morgan fingerprint density at radius 2 is 2.44 bits per heavy atom. The van der Waals surface area contributed by atoms with E-state index in [0.29, 0.717) is 10.4 Å². The second-order valence-electron chi connectivity index (χ2n) is 4.03. The van der Waals surface area contributed by atoms with Gasteiger partial charge in [0, 0.05) is 23.2 Å². The number of carbonyl (C=O) groups is 1. The average molecular weight is 237 g/mol. The van der Waals surface area contributed by atoms with Gasteiger partial charge in [-0.3, -0.25) is 9.78 Å². The maximum atomic E-state index is 11.0. The summed E-state index contributed by atoms with van der Waals surface area (Å²) in [5.41, 5.74) is 6.38. The number of hydrogen-bond donors (Lipinski definition) is 2. The fraction of sp³-hybridized carbons (Fsp3) is 0.455. The molecule has 1 amide bonds. The molecule has 0 saturated heterocycles. The first-order valence-electron chi connectivity index (χ1n) is 5.20. The molecule has 0 spiro atoms. The van der Waals surface area contributed by atoms with E-state index in [4.69, 9.17) is 5.73 Å². The molecule has 1 fully saturated rings. The van der Waals surface area contributed by atoms with Crippen LogP contribution in [-0.2, 0) is 0 Å². The molecule has 0 aliphatic heterocycles. The number of pyridine rings is 1. The summed E-state index contributed by atoms with van der Waals surface area (Å²) in [5.74, 6) is -0.491. The number of thioether (sulfide) groups is 1. The number of primary amides is 1. The summed E-state index contributed by atoms with van der Waals surface area (Å²) in [7, 11) is 0. The van der Waals surface area contributed by atoms with Crippen LogP contribution in [0.3, 0.4) is 0 Å². The van der Waals surface area contributed by atoms with Gasteiger partial charge in [-0.15, -0.1) is 0 Å². The lowest BCUT2D eigenvalue weighted by atomic mass is 10.3. The molecule has 86 valence electrons. The third-order valence-electron chi connectivity index (χ3n) is 2.87. The number of carbonyl (C=O) groups excluding carboxylic acids is 1. The smallest absolute Gasteiger partial charge is 0.267 e. The van der Waals surface area contributed by atoms with E-state index in [-0.39, 0.29) is 0 Å². The minimum atomic E-state index is -0.491. The van der Waals surface area contributed by atoms with E-state index >= 15 is 0 Å². The molecule has 0 aromatic carbocycles. The van der Waals surface area contributed by atoms with Crippen LogP contribution in [0.15, 0.2) is 18.3 Å². The number of nitrogens with zero attached hydrogens (tertiary/aromatic N) is 1. The Hall–Kier alpha value is -1.23. The highest BCUT2D eigenvalue weighted by Gasteiger charge is 2.41. The van der Waals surface area contributed by atoms with Crippen molar-refractivity contribution in [3.63, 3.8) is 0 Å². The fourth-order valence-electron chi connectivity index (χ4n) is 1.53. The maximum absolute atomic E-state index is 11.0. The summed E-state index contributed by atoms with van der Waals surface area (Å²) in [6.07, 6.45) is 6.25. The Labute approximate surface area is 99.0 Å². The van der Waals surface area contributed by atoms with Gasteiger partial charge >= 0.3 is 0 Å². The normalized spacial score (nSPS) is 16.8. The van der Waals surface area contributed by atoms with E-state index in [0.717, 1.165) is 12.2 Å². The predicted molar refractivity (Wildman–Crippen MR) is 66.7 cm³/mol. The molecule has 3 N–H and O–H groups in total. The van der Waals surface area contributed by atoms with Crippen molar-refractivity contribution in [1.82, 2.24) is 4.98 Å². The van der Waals surface area contributed by atoms with Crippen LogP contribution in [0.25, 0.3) is 0 Å². The molecule has 4 nitrogen and oxygen atoms in total. The Morgan fingerprint density at radius 1 is 1.69 bits per heavy atom. The van der Waals surface area contributed by atoms with Crippen molar-refractivity contribution in [2.24, 2.45) is 5.73 Å². The number of nitrogens with one attached hydrogen (secondary N) is 1. The van der Waals surface area contributed by atoms with Crippen molar-refractivity contribution in [1.29, 1.82) is 0 Å². The molecule has 1 aliphatic carbocycles. The highest BCUT2D eigenvalue weighted by molar-refractivity contribution is 8.00. The third-order valence-corrected chi connectivity index (χ3v) is 4.29. The average Bonchev–Trinajstić information content (AvgIpc) is 3.07. The second kappa shape index (κ2) is 4.33. The molecule has 1 heterocycles. The van der Waals surface area contributed by atoms with Crippen LogP contribution >= 0.6 is 11.8 Å². The van der Waals surface area contributed by atoms with Gasteiger partial charge in [-0.25, -0.2) is 0 Å². The van der Waals surface area contributed by atoms with Crippen LogP contribution in [0.5, 0.6) is 0 Å². The molecule has 0 atom stereocenters. The number of hydrogen-bond acceptors (Lipinski definition) is 4. The molecule has 1 aromatic rings. The Morgan fingerprint density at radius 3 is 3.00 bits per heavy atom. The maximum Gasteiger partial charge on any atom is 0.267 e. The first-order valence-corrected chi connectivity index (χ1v) is 6.43. The van der Waals surface area contributed by atoms with Gasteiger partial charge in [-0.2, -0.15) is 11.8 Å². The second-order valence-corrected chi connectivity index (χ2v) is 5.31. The Kier molecular flexibility index (Phi) is 3.05. The van der Waals surface area contributed by atoms with E-state index in [1.165, 1.54) is 12.8 Å². The van der Waals surface area contributed by atoms with Crippen LogP contribution in [0.1, 0.15) is 23.3 Å². The zero-order valence-corrected chi connectivity index (χ0v) is 10.0. The lowest BCUT2D eigenvalue weighted by molar-refractivity contribution is 0.0995. The quantitative estimate of drug-likeness (QED) is 0.814. The van der Waals surface area contributed by atoms with Crippen molar-refractivity contribution in [2.75, 3.05) is 18.1 Å². The Bertz CT molecular complexity index is 404. The van der Waals surface area contributed by atoms with Gasteiger partial charge < -0.3 is 11.1 Å². The molecule has 0 unspecified atom stereocenters. The fourth-order valence-corrected chi connectivity index (χ4v) is 2.26. The summed E-state index contributed by atoms with van der Waals surface area (Å²) < 4.78 is 0.399. The minimum Gasteiger partial charge on any atom is -0.384 e. The molecule has 0 radical (unpaired) electrons. The molecule has 1 aliphatic rings. The summed E-state index contributed by atoms with van der Waals surface area (Å²) in [5, 5.41) is 3.32. The van der Waals surface area contributed by atoms with E-state index in [9.17, 15) is 4.79 Å². The summed E-state index contributed by atoms with van der Waals surface area (Å²) in [4.78, 5) is 14.9. The van der Waals surface area contributed by atoms with Crippen molar-refractivity contribution in [2.45, 2.75) is 17.6 Å². The largest absolute Gasteiger partial charge is 0.384 e. The van der Waals surface area contributed by atoms with Crippen LogP contribution in [0.2, 0.25) is 0 Å². The van der Waals surface area contributed by atoms with E-state index in [2.05, 4.69) is 16.6 Å². The number of rotatable bonds is 5. The molecule has 1 saturated carbocycles. The molecule has 0 bridgehead atoms. The first kappa shape index (κ1) is 11.3. The topological polar surface area (TPSA) is 68.0 Å². The standard InChI is InChI=1S/C11H15N3OS/c1-16-11(3-4-11)7-14-8-2-5-13-9(6-8)10(12)15/h2,5-6H,3-4,7H2,1H3,(H2,12,15)(H,13,14). The number of aromatic nitrogens is 1. The first-order chi connectivity index (χ1) is 7.65. The summed E-state index contributed by atoms with van der Waals surface area (Å²) in [6.45, 7) is 0.927. The number of anilines is 1. The molecule has 5 heteroatoms. The summed E-state index contributed by atoms with van der Waals surface area (Å²) >= 11 is 1.90. The van der Waals surface area contributed by atoms with E-state index in [1.807, 2.05) is 17.8 Å². The van der Waals surface area contributed by atoms with Crippen LogP contribution in [-0.4, -0.2) is 28.4 Å².